The van der Waals surface area contributed by atoms with Crippen molar-refractivity contribution in [2.45, 2.75) is 37.8 Å². The van der Waals surface area contributed by atoms with Crippen LogP contribution in [0.1, 0.15) is 25.7 Å². The van der Waals surface area contributed by atoms with Crippen molar-refractivity contribution in [3.8, 4) is 0 Å². The molecule has 0 aliphatic carbocycles. The Balaban J connectivity index is 1.85. The SMILES string of the molecule is CNC(=O)[C@H]1CCCN1CCN1CCC[C@@H]1C(=O)NC. The van der Waals surface area contributed by atoms with Crippen molar-refractivity contribution in [2.24, 2.45) is 0 Å². The molecule has 2 rings (SSSR count). The second-order valence-corrected chi connectivity index (χ2v) is 5.62. The molecular formula is C14H26N4O2. The summed E-state index contributed by atoms with van der Waals surface area (Å²) >= 11 is 0. The second kappa shape index (κ2) is 7.04. The summed E-state index contributed by atoms with van der Waals surface area (Å²) in [5.74, 6) is 0.235. The summed E-state index contributed by atoms with van der Waals surface area (Å²) in [4.78, 5) is 28.1. The van der Waals surface area contributed by atoms with Crippen molar-refractivity contribution >= 4 is 11.8 Å². The quantitative estimate of drug-likeness (QED) is 0.707. The molecule has 0 spiro atoms. The fourth-order valence-corrected chi connectivity index (χ4v) is 3.37. The molecule has 6 heteroatoms. The number of hydrogen-bond acceptors (Lipinski definition) is 4. The highest BCUT2D eigenvalue weighted by Crippen LogP contribution is 2.20. The van der Waals surface area contributed by atoms with E-state index in [0.29, 0.717) is 0 Å². The van der Waals surface area contributed by atoms with Crippen LogP contribution in [0.3, 0.4) is 0 Å². The molecule has 2 aliphatic rings. The molecule has 0 bridgehead atoms. The van der Waals surface area contributed by atoms with Crippen LogP contribution >= 0.6 is 0 Å². The van der Waals surface area contributed by atoms with Crippen molar-refractivity contribution in [2.75, 3.05) is 40.3 Å². The standard InChI is InChI=1S/C14H26N4O2/c1-15-13(19)11-5-3-7-17(11)9-10-18-8-4-6-12(18)14(20)16-2/h11-12H,3-10H2,1-2H3,(H,15,19)(H,16,20)/t11-,12-/m1/s1. The van der Waals surface area contributed by atoms with Crippen LogP contribution in [-0.2, 0) is 9.59 Å². The minimum Gasteiger partial charge on any atom is -0.358 e. The predicted octanol–water partition coefficient (Wildman–Crippen LogP) is -0.593. The van der Waals surface area contributed by atoms with Crippen LogP contribution in [0.15, 0.2) is 0 Å². The van der Waals surface area contributed by atoms with Crippen molar-refractivity contribution in [1.29, 1.82) is 0 Å². The number of nitrogens with one attached hydrogen (secondary N) is 2. The average Bonchev–Trinajstić information content (AvgIpc) is 3.11. The van der Waals surface area contributed by atoms with E-state index < -0.39 is 0 Å². The van der Waals surface area contributed by atoms with Crippen LogP contribution < -0.4 is 10.6 Å². The first-order valence-corrected chi connectivity index (χ1v) is 7.58. The van der Waals surface area contributed by atoms with Gasteiger partial charge in [-0.25, -0.2) is 0 Å². The second-order valence-electron chi connectivity index (χ2n) is 5.62. The largest absolute Gasteiger partial charge is 0.358 e. The maximum absolute atomic E-state index is 11.8. The van der Waals surface area contributed by atoms with Crippen LogP contribution in [0.2, 0.25) is 0 Å². The number of carbonyl (C=O) groups excluding carboxylic acids is 2. The van der Waals surface area contributed by atoms with Crippen LogP contribution in [0.4, 0.5) is 0 Å². The van der Waals surface area contributed by atoms with Crippen molar-refractivity contribution < 1.29 is 9.59 Å². The van der Waals surface area contributed by atoms with E-state index in [1.807, 2.05) is 0 Å². The summed E-state index contributed by atoms with van der Waals surface area (Å²) in [6.07, 6.45) is 4.05. The number of carbonyl (C=O) groups is 2. The van der Waals surface area contributed by atoms with E-state index in [1.54, 1.807) is 14.1 Å². The summed E-state index contributed by atoms with van der Waals surface area (Å²) < 4.78 is 0. The zero-order chi connectivity index (χ0) is 14.5. The molecular weight excluding hydrogens is 256 g/mol. The zero-order valence-electron chi connectivity index (χ0n) is 12.5. The van der Waals surface area contributed by atoms with E-state index in [2.05, 4.69) is 20.4 Å². The molecule has 2 saturated heterocycles. The molecule has 0 saturated carbocycles. The Kier molecular flexibility index (Phi) is 5.37. The highest BCUT2D eigenvalue weighted by Gasteiger charge is 2.33. The Hall–Kier alpha value is -1.14. The third-order valence-electron chi connectivity index (χ3n) is 4.50. The Labute approximate surface area is 120 Å². The van der Waals surface area contributed by atoms with Gasteiger partial charge >= 0.3 is 0 Å². The summed E-state index contributed by atoms with van der Waals surface area (Å²) in [5.41, 5.74) is 0. The minimum absolute atomic E-state index is 0.0149. The fraction of sp³-hybridized carbons (Fsp3) is 0.857. The van der Waals surface area contributed by atoms with Crippen LogP contribution in [0.5, 0.6) is 0 Å². The van der Waals surface area contributed by atoms with Gasteiger partial charge in [-0.15, -0.1) is 0 Å². The third kappa shape index (κ3) is 3.30. The molecule has 0 unspecified atom stereocenters. The van der Waals surface area contributed by atoms with E-state index in [1.165, 1.54) is 0 Å². The number of rotatable bonds is 5. The molecule has 20 heavy (non-hydrogen) atoms. The molecule has 2 N–H and O–H groups in total. The lowest BCUT2D eigenvalue weighted by molar-refractivity contribution is -0.126. The molecule has 2 amide bonds. The average molecular weight is 282 g/mol. The lowest BCUT2D eigenvalue weighted by atomic mass is 10.2. The summed E-state index contributed by atoms with van der Waals surface area (Å²) in [6.45, 7) is 3.70. The van der Waals surface area contributed by atoms with Gasteiger partial charge in [-0.05, 0) is 38.8 Å². The lowest BCUT2D eigenvalue weighted by Crippen LogP contribution is -2.48. The van der Waals surface area contributed by atoms with Crippen molar-refractivity contribution in [1.82, 2.24) is 20.4 Å². The molecule has 0 aromatic carbocycles. The molecule has 0 aromatic rings. The van der Waals surface area contributed by atoms with E-state index in [-0.39, 0.29) is 23.9 Å². The zero-order valence-corrected chi connectivity index (χ0v) is 12.5. The third-order valence-corrected chi connectivity index (χ3v) is 4.50. The van der Waals surface area contributed by atoms with E-state index in [4.69, 9.17) is 0 Å². The van der Waals surface area contributed by atoms with Crippen molar-refractivity contribution in [3.05, 3.63) is 0 Å². The van der Waals surface area contributed by atoms with Crippen LogP contribution in [0, 0.1) is 0 Å². The number of likely N-dealkylation sites (N-methyl/N-ethyl adjacent to an activating group) is 2. The van der Waals surface area contributed by atoms with Gasteiger partial charge < -0.3 is 10.6 Å². The smallest absolute Gasteiger partial charge is 0.237 e. The number of amides is 2. The Morgan fingerprint density at radius 1 is 0.900 bits per heavy atom. The molecule has 0 aromatic heterocycles. The molecule has 6 nitrogen and oxygen atoms in total. The fourth-order valence-electron chi connectivity index (χ4n) is 3.37. The highest BCUT2D eigenvalue weighted by molar-refractivity contribution is 5.82. The maximum Gasteiger partial charge on any atom is 0.237 e. The first-order valence-electron chi connectivity index (χ1n) is 7.58. The molecule has 2 aliphatic heterocycles. The molecule has 0 radical (unpaired) electrons. The van der Waals surface area contributed by atoms with Gasteiger partial charge in [0.05, 0.1) is 12.1 Å². The van der Waals surface area contributed by atoms with Gasteiger partial charge in [0.25, 0.3) is 0 Å². The Bertz CT molecular complexity index is 327. The van der Waals surface area contributed by atoms with Gasteiger partial charge in [0.15, 0.2) is 0 Å². The number of likely N-dealkylation sites (tertiary alicyclic amines) is 2. The number of hydrogen-bond donors (Lipinski definition) is 2. The van der Waals surface area contributed by atoms with Gasteiger partial charge in [-0.3, -0.25) is 19.4 Å². The Morgan fingerprint density at radius 2 is 1.30 bits per heavy atom. The molecule has 114 valence electrons. The van der Waals surface area contributed by atoms with Gasteiger partial charge in [0.1, 0.15) is 0 Å². The predicted molar refractivity (Wildman–Crippen MR) is 77.3 cm³/mol. The lowest BCUT2D eigenvalue weighted by Gasteiger charge is -2.28. The Morgan fingerprint density at radius 3 is 1.65 bits per heavy atom. The van der Waals surface area contributed by atoms with Crippen molar-refractivity contribution in [3.63, 3.8) is 0 Å². The van der Waals surface area contributed by atoms with E-state index in [0.717, 1.165) is 51.9 Å². The summed E-state index contributed by atoms with van der Waals surface area (Å²) in [5, 5.41) is 5.49. The van der Waals surface area contributed by atoms with Gasteiger partial charge in [0.2, 0.25) is 11.8 Å². The molecule has 2 fully saturated rings. The van der Waals surface area contributed by atoms with Gasteiger partial charge in [0, 0.05) is 27.2 Å². The first-order chi connectivity index (χ1) is 9.67. The monoisotopic (exact) mass is 282 g/mol. The van der Waals surface area contributed by atoms with Crippen LogP contribution in [-0.4, -0.2) is 74.0 Å². The topological polar surface area (TPSA) is 64.7 Å². The highest BCUT2D eigenvalue weighted by atomic mass is 16.2. The van der Waals surface area contributed by atoms with Gasteiger partial charge in [-0.2, -0.15) is 0 Å². The van der Waals surface area contributed by atoms with Crippen LogP contribution in [0.25, 0.3) is 0 Å². The number of nitrogens with zero attached hydrogens (tertiary/aromatic N) is 2. The normalized spacial score (nSPS) is 27.7. The van der Waals surface area contributed by atoms with E-state index in [9.17, 15) is 9.59 Å². The summed E-state index contributed by atoms with van der Waals surface area (Å²) in [7, 11) is 3.39. The first kappa shape index (κ1) is 15.3. The molecule has 2 heterocycles. The van der Waals surface area contributed by atoms with Gasteiger partial charge in [-0.1, -0.05) is 0 Å². The summed E-state index contributed by atoms with van der Waals surface area (Å²) in [6, 6.07) is 0.0297. The maximum atomic E-state index is 11.8. The minimum atomic E-state index is 0.0149. The van der Waals surface area contributed by atoms with E-state index >= 15 is 0 Å². The molecule has 2 atom stereocenters.